The molecule has 0 aromatic heterocycles. The lowest BCUT2D eigenvalue weighted by atomic mass is 9.79. The molecule has 2 N–H and O–H groups in total. The van der Waals surface area contributed by atoms with Gasteiger partial charge < -0.3 is 5.73 Å². The van der Waals surface area contributed by atoms with Crippen molar-refractivity contribution in [2.45, 2.75) is 38.1 Å². The molecule has 2 aliphatic carbocycles. The summed E-state index contributed by atoms with van der Waals surface area (Å²) < 4.78 is 0. The van der Waals surface area contributed by atoms with Gasteiger partial charge in [-0.2, -0.15) is 0 Å². The van der Waals surface area contributed by atoms with Crippen molar-refractivity contribution in [3.63, 3.8) is 0 Å². The normalized spacial score (nSPS) is 18.6. The van der Waals surface area contributed by atoms with Crippen molar-refractivity contribution >= 4 is 10.8 Å². The fraction of sp³-hybridized carbons (Fsp3) is 0.375. The Bertz CT molecular complexity index is 564. The van der Waals surface area contributed by atoms with Gasteiger partial charge >= 0.3 is 0 Å². The van der Waals surface area contributed by atoms with Gasteiger partial charge in [0.25, 0.3) is 0 Å². The maximum atomic E-state index is 6.15. The molecule has 0 bridgehead atoms. The fourth-order valence-corrected chi connectivity index (χ4v) is 3.65. The first kappa shape index (κ1) is 9.67. The van der Waals surface area contributed by atoms with Gasteiger partial charge in [0.15, 0.2) is 0 Å². The molecule has 0 spiro atoms. The SMILES string of the molecule is NC1Cc2ccc3c4c(ccc(c24)C1)CCC3. The predicted octanol–water partition coefficient (Wildman–Crippen LogP) is 2.75. The Hall–Kier alpha value is -1.34. The molecule has 2 aliphatic rings. The summed E-state index contributed by atoms with van der Waals surface area (Å²) in [6.45, 7) is 0. The molecule has 1 nitrogen and oxygen atoms in total. The third kappa shape index (κ3) is 1.29. The molecule has 0 atom stereocenters. The van der Waals surface area contributed by atoms with Crippen LogP contribution in [0.5, 0.6) is 0 Å². The van der Waals surface area contributed by atoms with E-state index in [4.69, 9.17) is 5.73 Å². The Balaban J connectivity index is 2.14. The average molecular weight is 223 g/mol. The number of benzene rings is 2. The highest BCUT2D eigenvalue weighted by Gasteiger charge is 2.22. The minimum Gasteiger partial charge on any atom is -0.327 e. The molecule has 0 amide bonds. The van der Waals surface area contributed by atoms with E-state index in [9.17, 15) is 0 Å². The number of nitrogens with two attached hydrogens (primary N) is 1. The van der Waals surface area contributed by atoms with Crippen molar-refractivity contribution in [1.29, 1.82) is 0 Å². The molecule has 17 heavy (non-hydrogen) atoms. The van der Waals surface area contributed by atoms with Gasteiger partial charge in [-0.15, -0.1) is 0 Å². The molecule has 0 saturated heterocycles. The molecule has 0 unspecified atom stereocenters. The Morgan fingerprint density at radius 2 is 1.24 bits per heavy atom. The summed E-state index contributed by atoms with van der Waals surface area (Å²) in [4.78, 5) is 0. The third-order valence-corrected chi connectivity index (χ3v) is 4.36. The van der Waals surface area contributed by atoms with Crippen LogP contribution in [0.15, 0.2) is 24.3 Å². The summed E-state index contributed by atoms with van der Waals surface area (Å²) in [6, 6.07) is 9.61. The number of hydrogen-bond donors (Lipinski definition) is 1. The molecular weight excluding hydrogens is 206 g/mol. The summed E-state index contributed by atoms with van der Waals surface area (Å²) in [5, 5.41) is 3.11. The topological polar surface area (TPSA) is 26.0 Å². The van der Waals surface area contributed by atoms with Crippen LogP contribution in [0.2, 0.25) is 0 Å². The fourth-order valence-electron chi connectivity index (χ4n) is 3.65. The zero-order valence-corrected chi connectivity index (χ0v) is 10.00. The van der Waals surface area contributed by atoms with Crippen molar-refractivity contribution in [3.05, 3.63) is 46.5 Å². The van der Waals surface area contributed by atoms with E-state index in [-0.39, 0.29) is 0 Å². The second-order valence-electron chi connectivity index (χ2n) is 5.54. The Morgan fingerprint density at radius 3 is 1.82 bits per heavy atom. The van der Waals surface area contributed by atoms with Crippen molar-refractivity contribution in [2.24, 2.45) is 5.73 Å². The van der Waals surface area contributed by atoms with E-state index in [2.05, 4.69) is 24.3 Å². The van der Waals surface area contributed by atoms with Crippen LogP contribution in [0.4, 0.5) is 0 Å². The molecule has 2 aromatic rings. The van der Waals surface area contributed by atoms with Crippen LogP contribution < -0.4 is 5.73 Å². The van der Waals surface area contributed by atoms with E-state index in [1.165, 1.54) is 30.4 Å². The van der Waals surface area contributed by atoms with Crippen LogP contribution in [0.1, 0.15) is 28.7 Å². The highest BCUT2D eigenvalue weighted by atomic mass is 14.6. The maximum Gasteiger partial charge on any atom is 0.0120 e. The van der Waals surface area contributed by atoms with E-state index in [0.717, 1.165) is 12.8 Å². The third-order valence-electron chi connectivity index (χ3n) is 4.36. The standard InChI is InChI=1S/C16H17N/c17-14-8-12-6-4-10-2-1-3-11-5-7-13(9-14)16(12)15(10)11/h4-7,14H,1-3,8-9,17H2. The van der Waals surface area contributed by atoms with Gasteiger partial charge in [-0.05, 0) is 65.1 Å². The Kier molecular flexibility index (Phi) is 1.89. The van der Waals surface area contributed by atoms with Crippen LogP contribution in [-0.2, 0) is 25.7 Å². The van der Waals surface area contributed by atoms with Gasteiger partial charge in [0, 0.05) is 6.04 Å². The zero-order chi connectivity index (χ0) is 11.4. The molecule has 4 rings (SSSR count). The van der Waals surface area contributed by atoms with Crippen LogP contribution >= 0.6 is 0 Å². The quantitative estimate of drug-likeness (QED) is 0.730. The van der Waals surface area contributed by atoms with Gasteiger partial charge in [-0.25, -0.2) is 0 Å². The molecule has 86 valence electrons. The van der Waals surface area contributed by atoms with Crippen LogP contribution in [0.25, 0.3) is 10.8 Å². The summed E-state index contributed by atoms with van der Waals surface area (Å²) in [5.74, 6) is 0. The average Bonchev–Trinajstić information content (AvgIpc) is 2.35. The van der Waals surface area contributed by atoms with Gasteiger partial charge in [-0.1, -0.05) is 24.3 Å². The lowest BCUT2D eigenvalue weighted by molar-refractivity contribution is 0.655. The zero-order valence-electron chi connectivity index (χ0n) is 10.00. The van der Waals surface area contributed by atoms with Crippen molar-refractivity contribution in [3.8, 4) is 0 Å². The molecule has 2 aromatic carbocycles. The van der Waals surface area contributed by atoms with Crippen molar-refractivity contribution < 1.29 is 0 Å². The lowest BCUT2D eigenvalue weighted by Gasteiger charge is -2.27. The Morgan fingerprint density at radius 1 is 0.765 bits per heavy atom. The molecule has 1 heteroatoms. The van der Waals surface area contributed by atoms with Crippen LogP contribution in [0.3, 0.4) is 0 Å². The largest absolute Gasteiger partial charge is 0.327 e. The minimum atomic E-state index is 0.311. The van der Waals surface area contributed by atoms with Gasteiger partial charge in [0.1, 0.15) is 0 Å². The first-order valence-corrected chi connectivity index (χ1v) is 6.64. The predicted molar refractivity (Wildman–Crippen MR) is 71.4 cm³/mol. The van der Waals surface area contributed by atoms with Gasteiger partial charge in [0.2, 0.25) is 0 Å². The molecule has 0 heterocycles. The smallest absolute Gasteiger partial charge is 0.0120 e. The summed E-state index contributed by atoms with van der Waals surface area (Å²) in [7, 11) is 0. The van der Waals surface area contributed by atoms with Gasteiger partial charge in [-0.3, -0.25) is 0 Å². The summed E-state index contributed by atoms with van der Waals surface area (Å²) >= 11 is 0. The maximum absolute atomic E-state index is 6.15. The van der Waals surface area contributed by atoms with Crippen LogP contribution in [-0.4, -0.2) is 6.04 Å². The summed E-state index contributed by atoms with van der Waals surface area (Å²) in [5.41, 5.74) is 12.2. The molecule has 0 radical (unpaired) electrons. The second-order valence-corrected chi connectivity index (χ2v) is 5.54. The highest BCUT2D eigenvalue weighted by molar-refractivity contribution is 5.95. The van der Waals surface area contributed by atoms with Crippen molar-refractivity contribution in [1.82, 2.24) is 0 Å². The Labute approximate surface area is 102 Å². The summed E-state index contributed by atoms with van der Waals surface area (Å²) in [6.07, 6.45) is 5.90. The molecule has 0 aliphatic heterocycles. The second kappa shape index (κ2) is 3.33. The van der Waals surface area contributed by atoms with E-state index in [0.29, 0.717) is 6.04 Å². The minimum absolute atomic E-state index is 0.311. The van der Waals surface area contributed by atoms with Crippen LogP contribution in [0, 0.1) is 0 Å². The first-order valence-electron chi connectivity index (χ1n) is 6.64. The lowest BCUT2D eigenvalue weighted by Crippen LogP contribution is -2.29. The monoisotopic (exact) mass is 223 g/mol. The van der Waals surface area contributed by atoms with E-state index in [1.54, 1.807) is 21.9 Å². The molecule has 0 saturated carbocycles. The van der Waals surface area contributed by atoms with E-state index < -0.39 is 0 Å². The van der Waals surface area contributed by atoms with E-state index in [1.807, 2.05) is 0 Å². The van der Waals surface area contributed by atoms with Crippen molar-refractivity contribution in [2.75, 3.05) is 0 Å². The first-order chi connectivity index (χ1) is 8.33. The molecule has 0 fully saturated rings. The highest BCUT2D eigenvalue weighted by Crippen LogP contribution is 2.37. The van der Waals surface area contributed by atoms with Gasteiger partial charge in [0.05, 0.1) is 0 Å². The molecular formula is C16H17N. The number of hydrogen-bond acceptors (Lipinski definition) is 1. The van der Waals surface area contributed by atoms with E-state index >= 15 is 0 Å². The number of aryl methyl sites for hydroxylation is 2. The number of rotatable bonds is 0.